The Bertz CT molecular complexity index is 876. The number of anilines is 1. The zero-order chi connectivity index (χ0) is 15.5. The van der Waals surface area contributed by atoms with Crippen molar-refractivity contribution in [3.63, 3.8) is 0 Å². The van der Waals surface area contributed by atoms with Gasteiger partial charge in [0.2, 0.25) is 0 Å². The number of carbonyl (C=O) groups is 1. The fourth-order valence-corrected chi connectivity index (χ4v) is 2.30. The van der Waals surface area contributed by atoms with E-state index in [1.54, 1.807) is 48.5 Å². The van der Waals surface area contributed by atoms with Crippen LogP contribution in [0.2, 0.25) is 5.02 Å². The highest BCUT2D eigenvalue weighted by atomic mass is 35.5. The number of nitrogens with zero attached hydrogens (tertiary/aromatic N) is 1. The minimum absolute atomic E-state index is 0.221. The fourth-order valence-electron chi connectivity index (χ4n) is 2.12. The van der Waals surface area contributed by atoms with Crippen LogP contribution >= 0.6 is 11.6 Å². The first kappa shape index (κ1) is 14.2. The zero-order valence-corrected chi connectivity index (χ0v) is 12.2. The van der Waals surface area contributed by atoms with Crippen molar-refractivity contribution in [3.05, 3.63) is 64.9 Å². The molecular weight excluding hydrogens is 300 g/mol. The Morgan fingerprint density at radius 2 is 1.95 bits per heavy atom. The molecule has 5 heteroatoms. The standard InChI is InChI=1S/C17H11ClN2O2/c18-13-3-6-15-12(9-13)10-16(22-15)17(21)20-14-4-1-11(2-5-14)7-8-19/h1-6,9-10H,7H2,(H,20,21). The van der Waals surface area contributed by atoms with E-state index in [4.69, 9.17) is 21.3 Å². The number of hydrogen-bond donors (Lipinski definition) is 1. The van der Waals surface area contributed by atoms with Crippen molar-refractivity contribution < 1.29 is 9.21 Å². The summed E-state index contributed by atoms with van der Waals surface area (Å²) in [6, 6.07) is 16.0. The van der Waals surface area contributed by atoms with Crippen LogP contribution in [0, 0.1) is 11.3 Å². The fraction of sp³-hybridized carbons (Fsp3) is 0.0588. The molecule has 0 unspecified atom stereocenters. The maximum absolute atomic E-state index is 12.2. The Balaban J connectivity index is 1.79. The second kappa shape index (κ2) is 5.92. The van der Waals surface area contributed by atoms with Crippen molar-refractivity contribution in [2.24, 2.45) is 0 Å². The van der Waals surface area contributed by atoms with E-state index < -0.39 is 0 Å². The lowest BCUT2D eigenvalue weighted by molar-refractivity contribution is 0.0998. The summed E-state index contributed by atoms with van der Waals surface area (Å²) in [5.41, 5.74) is 2.16. The smallest absolute Gasteiger partial charge is 0.291 e. The molecule has 0 fully saturated rings. The largest absolute Gasteiger partial charge is 0.451 e. The number of rotatable bonds is 3. The Labute approximate surface area is 131 Å². The van der Waals surface area contributed by atoms with Gasteiger partial charge in [0.15, 0.2) is 5.76 Å². The molecule has 1 amide bonds. The maximum Gasteiger partial charge on any atom is 0.291 e. The summed E-state index contributed by atoms with van der Waals surface area (Å²) in [5.74, 6) is -0.112. The normalized spacial score (nSPS) is 10.4. The molecule has 0 aliphatic heterocycles. The van der Waals surface area contributed by atoms with E-state index in [0.29, 0.717) is 22.7 Å². The molecule has 1 aromatic heterocycles. The lowest BCUT2D eigenvalue weighted by atomic mass is 10.1. The van der Waals surface area contributed by atoms with Crippen LogP contribution in [-0.4, -0.2) is 5.91 Å². The van der Waals surface area contributed by atoms with E-state index in [-0.39, 0.29) is 11.7 Å². The third kappa shape index (κ3) is 2.95. The Morgan fingerprint density at radius 1 is 1.18 bits per heavy atom. The molecule has 0 aliphatic rings. The first-order valence-electron chi connectivity index (χ1n) is 6.62. The lowest BCUT2D eigenvalue weighted by Gasteiger charge is -2.03. The number of hydrogen-bond acceptors (Lipinski definition) is 3. The molecule has 0 saturated carbocycles. The highest BCUT2D eigenvalue weighted by Gasteiger charge is 2.12. The molecule has 22 heavy (non-hydrogen) atoms. The monoisotopic (exact) mass is 310 g/mol. The Hall–Kier alpha value is -2.77. The van der Waals surface area contributed by atoms with Gasteiger partial charge in [-0.15, -0.1) is 0 Å². The first-order valence-corrected chi connectivity index (χ1v) is 7.00. The molecule has 1 heterocycles. The average Bonchev–Trinajstić information content (AvgIpc) is 2.92. The van der Waals surface area contributed by atoms with Crippen LogP contribution in [0.15, 0.2) is 52.9 Å². The molecule has 0 aliphatic carbocycles. The van der Waals surface area contributed by atoms with Crippen molar-refractivity contribution >= 4 is 34.2 Å². The van der Waals surface area contributed by atoms with Gasteiger partial charge in [-0.05, 0) is 42.0 Å². The highest BCUT2D eigenvalue weighted by Crippen LogP contribution is 2.23. The number of amides is 1. The number of carbonyl (C=O) groups excluding carboxylic acids is 1. The zero-order valence-electron chi connectivity index (χ0n) is 11.5. The van der Waals surface area contributed by atoms with Crippen molar-refractivity contribution in [2.45, 2.75) is 6.42 Å². The number of nitrogens with one attached hydrogen (secondary N) is 1. The number of nitriles is 1. The van der Waals surface area contributed by atoms with Crippen LogP contribution in [0.25, 0.3) is 11.0 Å². The van der Waals surface area contributed by atoms with Crippen molar-refractivity contribution in [2.75, 3.05) is 5.32 Å². The predicted octanol–water partition coefficient (Wildman–Crippen LogP) is 4.40. The number of halogens is 1. The van der Waals surface area contributed by atoms with Gasteiger partial charge < -0.3 is 9.73 Å². The summed E-state index contributed by atoms with van der Waals surface area (Å²) in [4.78, 5) is 12.2. The van der Waals surface area contributed by atoms with Crippen molar-refractivity contribution in [1.29, 1.82) is 5.26 Å². The van der Waals surface area contributed by atoms with Crippen LogP contribution in [0.3, 0.4) is 0 Å². The van der Waals surface area contributed by atoms with E-state index in [9.17, 15) is 4.79 Å². The van der Waals surface area contributed by atoms with Crippen LogP contribution in [0.1, 0.15) is 16.1 Å². The summed E-state index contributed by atoms with van der Waals surface area (Å²) >= 11 is 5.91. The van der Waals surface area contributed by atoms with Gasteiger partial charge in [-0.3, -0.25) is 4.79 Å². The molecule has 3 aromatic rings. The number of fused-ring (bicyclic) bond motifs is 1. The maximum atomic E-state index is 12.2. The molecule has 1 N–H and O–H groups in total. The number of furan rings is 1. The molecule has 0 bridgehead atoms. The van der Waals surface area contributed by atoms with Gasteiger partial charge in [0.1, 0.15) is 5.58 Å². The van der Waals surface area contributed by atoms with Crippen molar-refractivity contribution in [1.82, 2.24) is 0 Å². The molecule has 0 atom stereocenters. The highest BCUT2D eigenvalue weighted by molar-refractivity contribution is 6.31. The van der Waals surface area contributed by atoms with Gasteiger partial charge in [-0.2, -0.15) is 5.26 Å². The third-order valence-electron chi connectivity index (χ3n) is 3.20. The van der Waals surface area contributed by atoms with Gasteiger partial charge in [0, 0.05) is 16.1 Å². The van der Waals surface area contributed by atoms with E-state index in [0.717, 1.165) is 10.9 Å². The molecule has 108 valence electrons. The van der Waals surface area contributed by atoms with Crippen molar-refractivity contribution in [3.8, 4) is 6.07 Å². The summed E-state index contributed by atoms with van der Waals surface area (Å²) in [6.45, 7) is 0. The first-order chi connectivity index (χ1) is 10.7. The minimum atomic E-state index is -0.333. The second-order valence-corrected chi connectivity index (χ2v) is 5.22. The molecule has 2 aromatic carbocycles. The molecule has 4 nitrogen and oxygen atoms in total. The van der Waals surface area contributed by atoms with Crippen LogP contribution < -0.4 is 5.32 Å². The average molecular weight is 311 g/mol. The topological polar surface area (TPSA) is 66.0 Å². The SMILES string of the molecule is N#CCc1ccc(NC(=O)c2cc3cc(Cl)ccc3o2)cc1. The van der Waals surface area contributed by atoms with Gasteiger partial charge in [-0.25, -0.2) is 0 Å². The number of benzene rings is 2. The minimum Gasteiger partial charge on any atom is -0.451 e. The summed E-state index contributed by atoms with van der Waals surface area (Å²) in [5, 5.41) is 12.8. The van der Waals surface area contributed by atoms with Crippen LogP contribution in [0.4, 0.5) is 5.69 Å². The lowest BCUT2D eigenvalue weighted by Crippen LogP contribution is -2.10. The van der Waals surface area contributed by atoms with E-state index in [1.165, 1.54) is 0 Å². The molecule has 3 rings (SSSR count). The molecule has 0 spiro atoms. The molecular formula is C17H11ClN2O2. The molecule has 0 radical (unpaired) electrons. The quantitative estimate of drug-likeness (QED) is 0.779. The summed E-state index contributed by atoms with van der Waals surface area (Å²) < 4.78 is 5.51. The van der Waals surface area contributed by atoms with Gasteiger partial charge in [-0.1, -0.05) is 23.7 Å². The Morgan fingerprint density at radius 3 is 2.68 bits per heavy atom. The predicted molar refractivity (Wildman–Crippen MR) is 84.9 cm³/mol. The molecule has 0 saturated heterocycles. The van der Waals surface area contributed by atoms with Crippen LogP contribution in [-0.2, 0) is 6.42 Å². The third-order valence-corrected chi connectivity index (χ3v) is 3.43. The van der Waals surface area contributed by atoms with E-state index in [1.807, 2.05) is 0 Å². The second-order valence-electron chi connectivity index (χ2n) is 4.78. The van der Waals surface area contributed by atoms with Gasteiger partial charge >= 0.3 is 0 Å². The van der Waals surface area contributed by atoms with E-state index in [2.05, 4.69) is 11.4 Å². The van der Waals surface area contributed by atoms with Gasteiger partial charge in [0.25, 0.3) is 5.91 Å². The summed E-state index contributed by atoms with van der Waals surface area (Å²) in [6.07, 6.45) is 0.346. The summed E-state index contributed by atoms with van der Waals surface area (Å²) in [7, 11) is 0. The Kier molecular flexibility index (Phi) is 3.82. The van der Waals surface area contributed by atoms with Crippen LogP contribution in [0.5, 0.6) is 0 Å². The van der Waals surface area contributed by atoms with Gasteiger partial charge in [0.05, 0.1) is 12.5 Å². The van der Waals surface area contributed by atoms with E-state index >= 15 is 0 Å².